The van der Waals surface area contributed by atoms with E-state index in [4.69, 9.17) is 0 Å². The molecule has 1 N–H and O–H groups in total. The zero-order chi connectivity index (χ0) is 13.2. The van der Waals surface area contributed by atoms with Crippen LogP contribution in [0.3, 0.4) is 0 Å². The number of aromatic nitrogens is 2. The van der Waals surface area contributed by atoms with Crippen molar-refractivity contribution in [1.82, 2.24) is 9.38 Å². The second-order valence-corrected chi connectivity index (χ2v) is 4.89. The van der Waals surface area contributed by atoms with Crippen LogP contribution in [-0.4, -0.2) is 40.0 Å². The number of carbonyl (C=O) groups is 1. The maximum Gasteiger partial charge on any atom is 0.170 e. The Balaban J connectivity index is 2.10. The average Bonchev–Trinajstić information content (AvgIpc) is 2.85. The largest absolute Gasteiger partial charge is 0.394 e. The molecule has 3 heterocycles. The summed E-state index contributed by atoms with van der Waals surface area (Å²) in [5.74, 6) is 0.694. The van der Waals surface area contributed by atoms with Crippen molar-refractivity contribution in [2.24, 2.45) is 0 Å². The first-order valence-corrected chi connectivity index (χ1v) is 6.65. The van der Waals surface area contributed by atoms with Gasteiger partial charge in [-0.05, 0) is 31.4 Å². The van der Waals surface area contributed by atoms with Gasteiger partial charge in [-0.15, -0.1) is 0 Å². The third kappa shape index (κ3) is 2.00. The van der Waals surface area contributed by atoms with Crippen LogP contribution in [0.4, 0.5) is 5.82 Å². The summed E-state index contributed by atoms with van der Waals surface area (Å²) in [6.45, 7) is 0.947. The number of piperidine rings is 1. The van der Waals surface area contributed by atoms with E-state index in [0.29, 0.717) is 11.5 Å². The maximum atomic E-state index is 11.4. The number of anilines is 1. The Morgan fingerprint density at radius 1 is 1.42 bits per heavy atom. The van der Waals surface area contributed by atoms with Crippen molar-refractivity contribution in [2.45, 2.75) is 25.3 Å². The normalized spacial score (nSPS) is 19.8. The van der Waals surface area contributed by atoms with E-state index >= 15 is 0 Å². The number of hydrogen-bond donors (Lipinski definition) is 1. The molecular weight excluding hydrogens is 242 g/mol. The molecule has 2 aromatic rings. The van der Waals surface area contributed by atoms with E-state index in [9.17, 15) is 9.90 Å². The van der Waals surface area contributed by atoms with Crippen LogP contribution in [-0.2, 0) is 0 Å². The third-order valence-electron chi connectivity index (χ3n) is 3.77. The first kappa shape index (κ1) is 12.2. The van der Waals surface area contributed by atoms with Gasteiger partial charge in [0.1, 0.15) is 11.3 Å². The Labute approximate surface area is 111 Å². The summed E-state index contributed by atoms with van der Waals surface area (Å²) in [6, 6.07) is 5.73. The smallest absolute Gasteiger partial charge is 0.170 e. The van der Waals surface area contributed by atoms with Crippen molar-refractivity contribution in [2.75, 3.05) is 18.1 Å². The number of fused-ring (bicyclic) bond motifs is 1. The fourth-order valence-corrected chi connectivity index (χ4v) is 2.79. The quantitative estimate of drug-likeness (QED) is 0.849. The van der Waals surface area contributed by atoms with E-state index < -0.39 is 0 Å². The maximum absolute atomic E-state index is 11.4. The summed E-state index contributed by atoms with van der Waals surface area (Å²) in [6.07, 6.45) is 5.82. The van der Waals surface area contributed by atoms with Crippen molar-refractivity contribution in [3.05, 3.63) is 30.1 Å². The predicted molar refractivity (Wildman–Crippen MR) is 72.7 cm³/mol. The zero-order valence-corrected chi connectivity index (χ0v) is 10.7. The molecule has 1 aliphatic heterocycles. The second-order valence-electron chi connectivity index (χ2n) is 4.89. The molecule has 1 atom stereocenters. The van der Waals surface area contributed by atoms with Crippen LogP contribution >= 0.6 is 0 Å². The lowest BCUT2D eigenvalue weighted by Gasteiger charge is -2.35. The summed E-state index contributed by atoms with van der Waals surface area (Å²) in [5.41, 5.74) is 1.33. The summed E-state index contributed by atoms with van der Waals surface area (Å²) >= 11 is 0. The topological polar surface area (TPSA) is 57.8 Å². The Morgan fingerprint density at radius 2 is 2.32 bits per heavy atom. The first-order valence-electron chi connectivity index (χ1n) is 6.65. The molecule has 1 aliphatic rings. The molecule has 0 radical (unpaired) electrons. The van der Waals surface area contributed by atoms with Crippen molar-refractivity contribution in [3.63, 3.8) is 0 Å². The summed E-state index contributed by atoms with van der Waals surface area (Å²) in [7, 11) is 0. The summed E-state index contributed by atoms with van der Waals surface area (Å²) in [5, 5.41) is 9.50. The van der Waals surface area contributed by atoms with Gasteiger partial charge in [-0.2, -0.15) is 0 Å². The number of aliphatic hydroxyl groups excluding tert-OH is 1. The molecule has 0 amide bonds. The number of aldehydes is 1. The number of carbonyl (C=O) groups excluding carboxylic acids is 1. The molecule has 19 heavy (non-hydrogen) atoms. The Kier molecular flexibility index (Phi) is 3.21. The molecular formula is C14H17N3O2. The summed E-state index contributed by atoms with van der Waals surface area (Å²) < 4.78 is 1.80. The molecule has 0 bridgehead atoms. The minimum absolute atomic E-state index is 0.0670. The van der Waals surface area contributed by atoms with Crippen LogP contribution in [0, 0.1) is 0 Å². The molecule has 0 saturated carbocycles. The minimum atomic E-state index is 0.0670. The van der Waals surface area contributed by atoms with Crippen LogP contribution in [0.2, 0.25) is 0 Å². The fourth-order valence-electron chi connectivity index (χ4n) is 2.79. The van der Waals surface area contributed by atoms with Gasteiger partial charge in [-0.1, -0.05) is 6.07 Å². The molecule has 3 rings (SSSR count). The van der Waals surface area contributed by atoms with Crippen molar-refractivity contribution in [1.29, 1.82) is 0 Å². The van der Waals surface area contributed by atoms with Crippen LogP contribution in [0.25, 0.3) is 5.65 Å². The molecule has 0 spiro atoms. The van der Waals surface area contributed by atoms with Gasteiger partial charge < -0.3 is 10.0 Å². The highest BCUT2D eigenvalue weighted by Crippen LogP contribution is 2.27. The van der Waals surface area contributed by atoms with Gasteiger partial charge in [0, 0.05) is 12.7 Å². The molecule has 100 valence electrons. The van der Waals surface area contributed by atoms with E-state index in [2.05, 4.69) is 9.88 Å². The number of aliphatic hydroxyl groups is 1. The van der Waals surface area contributed by atoms with Crippen molar-refractivity contribution < 1.29 is 9.90 Å². The van der Waals surface area contributed by atoms with Crippen LogP contribution < -0.4 is 4.90 Å². The molecule has 2 aromatic heterocycles. The van der Waals surface area contributed by atoms with Gasteiger partial charge in [-0.25, -0.2) is 4.98 Å². The second kappa shape index (κ2) is 5.01. The Bertz CT molecular complexity index is 593. The monoisotopic (exact) mass is 259 g/mol. The van der Waals surface area contributed by atoms with E-state index in [1.807, 2.05) is 24.4 Å². The number of imidazole rings is 1. The zero-order valence-electron chi connectivity index (χ0n) is 10.7. The number of hydrogen-bond acceptors (Lipinski definition) is 4. The van der Waals surface area contributed by atoms with Crippen LogP contribution in [0.15, 0.2) is 24.4 Å². The van der Waals surface area contributed by atoms with Gasteiger partial charge in [0.25, 0.3) is 0 Å². The SMILES string of the molecule is O=Cc1c(N2CCCCC2CO)nc2ccccn12. The lowest BCUT2D eigenvalue weighted by atomic mass is 10.0. The predicted octanol–water partition coefficient (Wildman–Crippen LogP) is 1.50. The number of pyridine rings is 1. The van der Waals surface area contributed by atoms with Gasteiger partial charge in [0.2, 0.25) is 0 Å². The highest BCUT2D eigenvalue weighted by molar-refractivity contribution is 5.83. The average molecular weight is 259 g/mol. The van der Waals surface area contributed by atoms with Gasteiger partial charge in [0.15, 0.2) is 12.1 Å². The molecule has 0 aliphatic carbocycles. The van der Waals surface area contributed by atoms with Crippen LogP contribution in [0.1, 0.15) is 29.8 Å². The van der Waals surface area contributed by atoms with E-state index in [-0.39, 0.29) is 12.6 Å². The van der Waals surface area contributed by atoms with Gasteiger partial charge in [0.05, 0.1) is 12.6 Å². The molecule has 5 heteroatoms. The van der Waals surface area contributed by atoms with Crippen LogP contribution in [0.5, 0.6) is 0 Å². The highest BCUT2D eigenvalue weighted by atomic mass is 16.3. The Hall–Kier alpha value is -1.88. The minimum Gasteiger partial charge on any atom is -0.394 e. The van der Waals surface area contributed by atoms with Crippen molar-refractivity contribution >= 4 is 17.8 Å². The molecule has 5 nitrogen and oxygen atoms in total. The highest BCUT2D eigenvalue weighted by Gasteiger charge is 2.26. The van der Waals surface area contributed by atoms with Gasteiger partial charge in [-0.3, -0.25) is 9.20 Å². The third-order valence-corrected chi connectivity index (χ3v) is 3.77. The molecule has 1 fully saturated rings. The molecule has 1 unspecified atom stereocenters. The lowest BCUT2D eigenvalue weighted by Crippen LogP contribution is -2.42. The van der Waals surface area contributed by atoms with E-state index in [1.165, 1.54) is 0 Å². The summed E-state index contributed by atoms with van der Waals surface area (Å²) in [4.78, 5) is 18.0. The number of rotatable bonds is 3. The van der Waals surface area contributed by atoms with Crippen molar-refractivity contribution in [3.8, 4) is 0 Å². The van der Waals surface area contributed by atoms with Gasteiger partial charge >= 0.3 is 0 Å². The molecule has 0 aromatic carbocycles. The number of nitrogens with zero attached hydrogens (tertiary/aromatic N) is 3. The van der Waals surface area contributed by atoms with E-state index in [1.54, 1.807) is 4.40 Å². The Morgan fingerprint density at radius 3 is 3.11 bits per heavy atom. The molecule has 1 saturated heterocycles. The van der Waals surface area contributed by atoms with E-state index in [0.717, 1.165) is 37.7 Å². The standard InChI is InChI=1S/C14H17N3O2/c18-9-11-5-1-3-7-16(11)14-12(10-19)17-8-4-2-6-13(17)15-14/h2,4,6,8,10-11,18H,1,3,5,7,9H2. The fraction of sp³-hybridized carbons (Fsp3) is 0.429. The lowest BCUT2D eigenvalue weighted by molar-refractivity contribution is 0.111. The first-order chi connectivity index (χ1) is 9.35.